The van der Waals surface area contributed by atoms with E-state index in [1.165, 1.54) is 27.7 Å². The number of aromatic nitrogens is 3. The van der Waals surface area contributed by atoms with Gasteiger partial charge in [0.25, 0.3) is 0 Å². The summed E-state index contributed by atoms with van der Waals surface area (Å²) in [6.45, 7) is 12.0. The largest absolute Gasteiger partial charge is 0.334 e. The molecule has 1 aliphatic heterocycles. The minimum Gasteiger partial charge on any atom is -0.334 e. The van der Waals surface area contributed by atoms with Gasteiger partial charge in [0.05, 0.1) is 16.7 Å². The minimum atomic E-state index is 0.802. The Balaban J connectivity index is 1.83. The van der Waals surface area contributed by atoms with Gasteiger partial charge in [0.15, 0.2) is 5.82 Å². The highest BCUT2D eigenvalue weighted by Gasteiger charge is 2.22. The molecule has 0 fully saturated rings. The fraction of sp³-hybridized carbons (Fsp3) is 0.208. The van der Waals surface area contributed by atoms with Gasteiger partial charge in [-0.05, 0) is 55.2 Å². The van der Waals surface area contributed by atoms with Crippen LogP contribution in [-0.4, -0.2) is 14.1 Å². The summed E-state index contributed by atoms with van der Waals surface area (Å²) in [5, 5.41) is 1.25. The van der Waals surface area contributed by atoms with Crippen molar-refractivity contribution in [3.05, 3.63) is 72.3 Å². The molecule has 27 heavy (non-hydrogen) atoms. The lowest BCUT2D eigenvalue weighted by Gasteiger charge is -2.18. The van der Waals surface area contributed by atoms with Crippen LogP contribution in [0.2, 0.25) is 0 Å². The molecule has 0 N–H and O–H groups in total. The van der Waals surface area contributed by atoms with Gasteiger partial charge in [-0.15, -0.1) is 0 Å². The van der Waals surface area contributed by atoms with E-state index < -0.39 is 0 Å². The van der Waals surface area contributed by atoms with E-state index in [9.17, 15) is 0 Å². The molecule has 0 atom stereocenters. The molecule has 0 bridgehead atoms. The van der Waals surface area contributed by atoms with Crippen molar-refractivity contribution in [3.8, 4) is 11.5 Å². The number of aryl methyl sites for hydroxylation is 2. The molecular weight excluding hydrogens is 330 g/mol. The van der Waals surface area contributed by atoms with Crippen molar-refractivity contribution >= 4 is 28.0 Å². The van der Waals surface area contributed by atoms with Crippen LogP contribution >= 0.6 is 0 Å². The van der Waals surface area contributed by atoms with E-state index in [1.54, 1.807) is 0 Å². The molecule has 0 unspecified atom stereocenters. The number of allylic oxidation sites excluding steroid dienone is 1. The predicted octanol–water partition coefficient (Wildman–Crippen LogP) is 5.82. The van der Waals surface area contributed by atoms with Gasteiger partial charge in [0, 0.05) is 24.0 Å². The molecule has 5 rings (SSSR count). The highest BCUT2D eigenvalue weighted by Crippen LogP contribution is 2.35. The van der Waals surface area contributed by atoms with E-state index in [-0.39, 0.29) is 0 Å². The van der Waals surface area contributed by atoms with Gasteiger partial charge in [0.2, 0.25) is 0 Å². The predicted molar refractivity (Wildman–Crippen MR) is 114 cm³/mol. The SMILES string of the molecule is C=Cc1cc2c3c(c1)nc(-c1cc4ccccc4n1CC(=C)C)n3CCC2. The number of imidazole rings is 1. The van der Waals surface area contributed by atoms with Crippen LogP contribution < -0.4 is 0 Å². The number of hydrogen-bond donors (Lipinski definition) is 0. The first-order valence-electron chi connectivity index (χ1n) is 9.54. The molecule has 0 radical (unpaired) electrons. The Labute approximate surface area is 159 Å². The highest BCUT2D eigenvalue weighted by molar-refractivity contribution is 5.90. The van der Waals surface area contributed by atoms with Crippen LogP contribution in [-0.2, 0) is 19.5 Å². The van der Waals surface area contributed by atoms with Crippen LogP contribution in [0.3, 0.4) is 0 Å². The first kappa shape index (κ1) is 16.1. The smallest absolute Gasteiger partial charge is 0.157 e. The van der Waals surface area contributed by atoms with Crippen molar-refractivity contribution in [1.82, 2.24) is 14.1 Å². The van der Waals surface area contributed by atoms with Crippen LogP contribution in [0.25, 0.3) is 39.5 Å². The Morgan fingerprint density at radius 2 is 2.07 bits per heavy atom. The quantitative estimate of drug-likeness (QED) is 0.424. The average Bonchev–Trinajstić information content (AvgIpc) is 3.21. The lowest BCUT2D eigenvalue weighted by molar-refractivity contribution is 0.634. The fourth-order valence-corrected chi connectivity index (χ4v) is 4.36. The van der Waals surface area contributed by atoms with Crippen LogP contribution in [0.5, 0.6) is 0 Å². The Morgan fingerprint density at radius 1 is 1.22 bits per heavy atom. The van der Waals surface area contributed by atoms with Gasteiger partial charge < -0.3 is 9.13 Å². The number of hydrogen-bond acceptors (Lipinski definition) is 1. The molecule has 0 spiro atoms. The Morgan fingerprint density at radius 3 is 2.89 bits per heavy atom. The molecule has 2 aromatic heterocycles. The maximum Gasteiger partial charge on any atom is 0.157 e. The molecule has 134 valence electrons. The van der Waals surface area contributed by atoms with E-state index in [1.807, 2.05) is 6.08 Å². The molecule has 0 amide bonds. The third-order valence-corrected chi connectivity index (χ3v) is 5.47. The van der Waals surface area contributed by atoms with Crippen molar-refractivity contribution in [2.24, 2.45) is 0 Å². The van der Waals surface area contributed by atoms with Gasteiger partial charge in [-0.1, -0.05) is 43.0 Å². The molecule has 0 saturated heterocycles. The maximum absolute atomic E-state index is 5.09. The summed E-state index contributed by atoms with van der Waals surface area (Å²) in [5.41, 5.74) is 8.44. The molecular formula is C24H23N3. The summed E-state index contributed by atoms with van der Waals surface area (Å²) in [4.78, 5) is 5.09. The van der Waals surface area contributed by atoms with Crippen LogP contribution in [0, 0.1) is 0 Å². The summed E-state index contributed by atoms with van der Waals surface area (Å²) >= 11 is 0. The first-order valence-corrected chi connectivity index (χ1v) is 9.54. The second kappa shape index (κ2) is 5.98. The van der Waals surface area contributed by atoms with E-state index in [2.05, 4.69) is 71.7 Å². The summed E-state index contributed by atoms with van der Waals surface area (Å²) in [6, 6.07) is 15.2. The summed E-state index contributed by atoms with van der Waals surface area (Å²) in [7, 11) is 0. The standard InChI is InChI=1S/C24H23N3/c1-4-17-12-19-9-7-11-26-23(19)20(13-17)25-24(26)22-14-18-8-5-6-10-21(18)27(22)15-16(2)3/h4-6,8,10,12-14H,1-2,7,9,11,15H2,3H3. The van der Waals surface area contributed by atoms with E-state index in [0.29, 0.717) is 0 Å². The molecule has 3 nitrogen and oxygen atoms in total. The first-order chi connectivity index (χ1) is 13.2. The van der Waals surface area contributed by atoms with Gasteiger partial charge in [0.1, 0.15) is 0 Å². The van der Waals surface area contributed by atoms with Gasteiger partial charge in [-0.3, -0.25) is 0 Å². The van der Waals surface area contributed by atoms with Crippen LogP contribution in [0.4, 0.5) is 0 Å². The fourth-order valence-electron chi connectivity index (χ4n) is 4.36. The second-order valence-corrected chi connectivity index (χ2v) is 7.57. The van der Waals surface area contributed by atoms with Crippen LogP contribution in [0.1, 0.15) is 24.5 Å². The lowest BCUT2D eigenvalue weighted by Crippen LogP contribution is -2.11. The molecule has 0 aliphatic carbocycles. The summed E-state index contributed by atoms with van der Waals surface area (Å²) < 4.78 is 4.76. The average molecular weight is 353 g/mol. The van der Waals surface area contributed by atoms with E-state index >= 15 is 0 Å². The van der Waals surface area contributed by atoms with Gasteiger partial charge in [-0.25, -0.2) is 4.98 Å². The number of para-hydroxylation sites is 1. The normalized spacial score (nSPS) is 13.4. The van der Waals surface area contributed by atoms with Crippen molar-refractivity contribution in [3.63, 3.8) is 0 Å². The zero-order valence-corrected chi connectivity index (χ0v) is 15.7. The van der Waals surface area contributed by atoms with E-state index in [0.717, 1.165) is 48.4 Å². The Kier molecular flexibility index (Phi) is 3.57. The third-order valence-electron chi connectivity index (χ3n) is 5.47. The molecule has 2 aromatic carbocycles. The minimum absolute atomic E-state index is 0.802. The van der Waals surface area contributed by atoms with Crippen molar-refractivity contribution in [2.75, 3.05) is 0 Å². The van der Waals surface area contributed by atoms with Crippen molar-refractivity contribution in [1.29, 1.82) is 0 Å². The van der Waals surface area contributed by atoms with Gasteiger partial charge in [-0.2, -0.15) is 0 Å². The lowest BCUT2D eigenvalue weighted by atomic mass is 10.0. The zero-order valence-electron chi connectivity index (χ0n) is 15.7. The monoisotopic (exact) mass is 353 g/mol. The van der Waals surface area contributed by atoms with Gasteiger partial charge >= 0.3 is 0 Å². The number of nitrogens with zero attached hydrogens (tertiary/aromatic N) is 3. The maximum atomic E-state index is 5.09. The molecule has 3 heterocycles. The topological polar surface area (TPSA) is 22.8 Å². The summed E-state index contributed by atoms with van der Waals surface area (Å²) in [5.74, 6) is 1.06. The third kappa shape index (κ3) is 2.46. The molecule has 1 aliphatic rings. The number of benzene rings is 2. The van der Waals surface area contributed by atoms with Crippen molar-refractivity contribution < 1.29 is 0 Å². The number of fused-ring (bicyclic) bond motifs is 1. The van der Waals surface area contributed by atoms with Crippen LogP contribution in [0.15, 0.2) is 61.2 Å². The second-order valence-electron chi connectivity index (χ2n) is 7.57. The number of rotatable bonds is 4. The Hall–Kier alpha value is -3.07. The zero-order chi connectivity index (χ0) is 18.5. The summed E-state index contributed by atoms with van der Waals surface area (Å²) in [6.07, 6.45) is 4.17. The Bertz CT molecular complexity index is 1220. The molecule has 4 aromatic rings. The van der Waals surface area contributed by atoms with E-state index in [4.69, 9.17) is 4.98 Å². The molecule has 3 heteroatoms. The highest BCUT2D eigenvalue weighted by atomic mass is 15.1. The molecule has 0 saturated carbocycles. The van der Waals surface area contributed by atoms with Crippen molar-refractivity contribution in [2.45, 2.75) is 32.9 Å².